The van der Waals surface area contributed by atoms with Gasteiger partial charge < -0.3 is 15.4 Å². The Labute approximate surface area is 113 Å². The van der Waals surface area contributed by atoms with E-state index in [9.17, 15) is 0 Å². The van der Waals surface area contributed by atoms with Crippen LogP contribution in [0.5, 0.6) is 0 Å². The fourth-order valence-corrected chi connectivity index (χ4v) is 2.83. The maximum absolute atomic E-state index is 6.16. The maximum Gasteiger partial charge on any atom is 0.0746 e. The van der Waals surface area contributed by atoms with Gasteiger partial charge in [0.1, 0.15) is 0 Å². The number of ether oxygens (including phenoxy) is 1. The van der Waals surface area contributed by atoms with Crippen molar-refractivity contribution in [1.29, 1.82) is 0 Å². The van der Waals surface area contributed by atoms with Gasteiger partial charge in [-0.25, -0.2) is 0 Å². The van der Waals surface area contributed by atoms with Crippen molar-refractivity contribution in [3.05, 3.63) is 30.5 Å². The number of fused-ring (bicyclic) bond motifs is 1. The number of piperidine rings is 1. The minimum absolute atomic E-state index is 0.292. The quantitative estimate of drug-likeness (QED) is 0.897. The summed E-state index contributed by atoms with van der Waals surface area (Å²) in [5.74, 6) is 0. The highest BCUT2D eigenvalue weighted by Gasteiger charge is 2.22. The lowest BCUT2D eigenvalue weighted by Gasteiger charge is -2.34. The molecule has 3 rings (SSSR count). The van der Waals surface area contributed by atoms with Crippen LogP contribution in [0.15, 0.2) is 30.5 Å². The number of aromatic nitrogens is 1. The molecule has 1 atom stereocenters. The predicted molar refractivity (Wildman–Crippen MR) is 78.4 cm³/mol. The Morgan fingerprint density at radius 2 is 2.21 bits per heavy atom. The molecule has 1 fully saturated rings. The van der Waals surface area contributed by atoms with Crippen LogP contribution < -0.4 is 10.6 Å². The number of nitrogens with zero attached hydrogens (tertiary/aromatic N) is 2. The van der Waals surface area contributed by atoms with Gasteiger partial charge in [-0.3, -0.25) is 4.98 Å². The molecule has 1 aromatic heterocycles. The van der Waals surface area contributed by atoms with Crippen molar-refractivity contribution in [2.45, 2.75) is 18.9 Å². The number of rotatable bonds is 2. The Hall–Kier alpha value is -1.81. The smallest absolute Gasteiger partial charge is 0.0746 e. The van der Waals surface area contributed by atoms with Gasteiger partial charge in [-0.1, -0.05) is 18.2 Å². The molecule has 0 aliphatic carbocycles. The van der Waals surface area contributed by atoms with Gasteiger partial charge >= 0.3 is 0 Å². The fourth-order valence-electron chi connectivity index (χ4n) is 2.83. The molecule has 0 spiro atoms. The lowest BCUT2D eigenvalue weighted by atomic mass is 10.1. The van der Waals surface area contributed by atoms with Crippen LogP contribution in [0.25, 0.3) is 10.9 Å². The molecule has 0 amide bonds. The van der Waals surface area contributed by atoms with Crippen LogP contribution in [-0.4, -0.2) is 31.3 Å². The lowest BCUT2D eigenvalue weighted by Crippen LogP contribution is -2.39. The van der Waals surface area contributed by atoms with Crippen molar-refractivity contribution in [3.8, 4) is 0 Å². The second-order valence-electron chi connectivity index (χ2n) is 5.03. The molecule has 1 unspecified atom stereocenters. The standard InChI is InChI=1S/C15H19N3O/c1-19-11-5-4-8-18(10-11)15-12-6-2-3-7-14(12)17-9-13(15)16/h2-3,6-7,9,11H,4-5,8,10,16H2,1H3. The predicted octanol–water partition coefficient (Wildman–Crippen LogP) is 2.43. The van der Waals surface area contributed by atoms with Crippen LogP contribution in [0.4, 0.5) is 11.4 Å². The van der Waals surface area contributed by atoms with E-state index in [1.54, 1.807) is 13.3 Å². The second kappa shape index (κ2) is 5.05. The van der Waals surface area contributed by atoms with Crippen molar-refractivity contribution in [3.63, 3.8) is 0 Å². The molecular weight excluding hydrogens is 238 g/mol. The summed E-state index contributed by atoms with van der Waals surface area (Å²) in [7, 11) is 1.78. The van der Waals surface area contributed by atoms with Crippen LogP contribution in [0.3, 0.4) is 0 Å². The molecule has 0 bridgehead atoms. The number of para-hydroxylation sites is 1. The molecule has 2 N–H and O–H groups in total. The van der Waals surface area contributed by atoms with Gasteiger partial charge in [0.05, 0.1) is 29.2 Å². The summed E-state index contributed by atoms with van der Waals surface area (Å²) in [6.07, 6.45) is 4.30. The monoisotopic (exact) mass is 257 g/mol. The van der Waals surface area contributed by atoms with Gasteiger partial charge in [-0.15, -0.1) is 0 Å². The SMILES string of the molecule is COC1CCCN(c2c(N)cnc3ccccc23)C1. The Morgan fingerprint density at radius 3 is 3.05 bits per heavy atom. The Kier molecular flexibility index (Phi) is 3.25. The number of anilines is 2. The highest BCUT2D eigenvalue weighted by molar-refractivity contribution is 5.97. The first-order valence-corrected chi connectivity index (χ1v) is 6.70. The minimum atomic E-state index is 0.292. The molecule has 2 aromatic rings. The largest absolute Gasteiger partial charge is 0.396 e. The van der Waals surface area contributed by atoms with E-state index in [-0.39, 0.29) is 0 Å². The van der Waals surface area contributed by atoms with E-state index < -0.39 is 0 Å². The van der Waals surface area contributed by atoms with Crippen LogP contribution in [0, 0.1) is 0 Å². The fraction of sp³-hybridized carbons (Fsp3) is 0.400. The Balaban J connectivity index is 2.06. The van der Waals surface area contributed by atoms with E-state index >= 15 is 0 Å². The topological polar surface area (TPSA) is 51.4 Å². The number of pyridine rings is 1. The number of nitrogens with two attached hydrogens (primary N) is 1. The van der Waals surface area contributed by atoms with E-state index in [4.69, 9.17) is 10.5 Å². The van der Waals surface area contributed by atoms with Gasteiger partial charge in [-0.2, -0.15) is 0 Å². The van der Waals surface area contributed by atoms with Gasteiger partial charge in [0.25, 0.3) is 0 Å². The van der Waals surface area contributed by atoms with E-state index in [0.717, 1.165) is 48.2 Å². The van der Waals surface area contributed by atoms with Gasteiger partial charge in [-0.05, 0) is 18.9 Å². The third-order valence-corrected chi connectivity index (χ3v) is 3.80. The second-order valence-corrected chi connectivity index (χ2v) is 5.03. The number of benzene rings is 1. The van der Waals surface area contributed by atoms with Gasteiger partial charge in [0.2, 0.25) is 0 Å². The van der Waals surface area contributed by atoms with E-state index in [2.05, 4.69) is 16.0 Å². The minimum Gasteiger partial charge on any atom is -0.396 e. The third-order valence-electron chi connectivity index (χ3n) is 3.80. The highest BCUT2D eigenvalue weighted by atomic mass is 16.5. The van der Waals surface area contributed by atoms with E-state index in [1.807, 2.05) is 18.2 Å². The molecule has 1 aliphatic heterocycles. The van der Waals surface area contributed by atoms with Crippen molar-refractivity contribution >= 4 is 22.3 Å². The summed E-state index contributed by atoms with van der Waals surface area (Å²) in [5.41, 5.74) is 9.00. The lowest BCUT2D eigenvalue weighted by molar-refractivity contribution is 0.0894. The van der Waals surface area contributed by atoms with Crippen molar-refractivity contribution in [2.75, 3.05) is 30.8 Å². The molecule has 19 heavy (non-hydrogen) atoms. The summed E-state index contributed by atoms with van der Waals surface area (Å²) < 4.78 is 5.50. The van der Waals surface area contributed by atoms with Crippen molar-refractivity contribution in [1.82, 2.24) is 4.98 Å². The average molecular weight is 257 g/mol. The molecule has 4 nitrogen and oxygen atoms in total. The average Bonchev–Trinajstić information content (AvgIpc) is 2.47. The van der Waals surface area contributed by atoms with Crippen LogP contribution in [-0.2, 0) is 4.74 Å². The van der Waals surface area contributed by atoms with Gasteiger partial charge in [0.15, 0.2) is 0 Å². The molecule has 1 saturated heterocycles. The molecule has 4 heteroatoms. The Morgan fingerprint density at radius 1 is 1.37 bits per heavy atom. The summed E-state index contributed by atoms with van der Waals surface area (Å²) in [4.78, 5) is 6.72. The molecule has 100 valence electrons. The molecule has 0 radical (unpaired) electrons. The van der Waals surface area contributed by atoms with Gasteiger partial charge in [0, 0.05) is 25.6 Å². The van der Waals surface area contributed by atoms with Crippen LogP contribution in [0.2, 0.25) is 0 Å². The van der Waals surface area contributed by atoms with E-state index in [1.165, 1.54) is 0 Å². The number of methoxy groups -OCH3 is 1. The zero-order valence-electron chi connectivity index (χ0n) is 11.2. The molecule has 1 aliphatic rings. The summed E-state index contributed by atoms with van der Waals surface area (Å²) in [6.45, 7) is 1.92. The first kappa shape index (κ1) is 12.2. The Bertz CT molecular complexity index is 585. The summed E-state index contributed by atoms with van der Waals surface area (Å²) in [5, 5.41) is 1.12. The number of hydrogen-bond acceptors (Lipinski definition) is 4. The maximum atomic E-state index is 6.16. The first-order chi connectivity index (χ1) is 9.29. The summed E-state index contributed by atoms with van der Waals surface area (Å²) in [6, 6.07) is 8.15. The highest BCUT2D eigenvalue weighted by Crippen LogP contribution is 2.33. The molecule has 2 heterocycles. The molecule has 0 saturated carbocycles. The normalized spacial score (nSPS) is 19.8. The molecule has 1 aromatic carbocycles. The summed E-state index contributed by atoms with van der Waals surface area (Å²) >= 11 is 0. The third kappa shape index (κ3) is 2.24. The zero-order chi connectivity index (χ0) is 13.2. The van der Waals surface area contributed by atoms with Crippen LogP contribution >= 0.6 is 0 Å². The number of nitrogen functional groups attached to an aromatic ring is 1. The first-order valence-electron chi connectivity index (χ1n) is 6.70. The van der Waals surface area contributed by atoms with E-state index in [0.29, 0.717) is 6.10 Å². The zero-order valence-corrected chi connectivity index (χ0v) is 11.2. The van der Waals surface area contributed by atoms with Crippen LogP contribution in [0.1, 0.15) is 12.8 Å². The number of hydrogen-bond donors (Lipinski definition) is 1. The van der Waals surface area contributed by atoms with Crippen molar-refractivity contribution in [2.24, 2.45) is 0 Å². The van der Waals surface area contributed by atoms with Crippen molar-refractivity contribution < 1.29 is 4.74 Å². The molecular formula is C15H19N3O.